The SMILES string of the molecule is CC(C)(SCc1sc2ccccc2c1Cl)C(=O)O. The molecule has 1 aromatic heterocycles. The topological polar surface area (TPSA) is 37.3 Å². The number of fused-ring (bicyclic) bond motifs is 1. The number of carbonyl (C=O) groups is 1. The zero-order chi connectivity index (χ0) is 13.3. The van der Waals surface area contributed by atoms with E-state index in [9.17, 15) is 4.79 Å². The van der Waals surface area contributed by atoms with Crippen LogP contribution in [-0.4, -0.2) is 15.8 Å². The molecule has 2 aromatic rings. The van der Waals surface area contributed by atoms with E-state index in [2.05, 4.69) is 0 Å². The zero-order valence-electron chi connectivity index (χ0n) is 10.1. The summed E-state index contributed by atoms with van der Waals surface area (Å²) in [5, 5.41) is 10.9. The van der Waals surface area contributed by atoms with Gasteiger partial charge in [-0.2, -0.15) is 0 Å². The van der Waals surface area contributed by atoms with Crippen LogP contribution < -0.4 is 0 Å². The van der Waals surface area contributed by atoms with E-state index in [0.717, 1.165) is 20.0 Å². The zero-order valence-corrected chi connectivity index (χ0v) is 12.5. The molecule has 0 amide bonds. The molecule has 0 aliphatic carbocycles. The van der Waals surface area contributed by atoms with Crippen LogP contribution in [0.1, 0.15) is 18.7 Å². The number of halogens is 1. The molecule has 0 saturated heterocycles. The Kier molecular flexibility index (Phi) is 3.90. The fraction of sp³-hybridized carbons (Fsp3) is 0.308. The van der Waals surface area contributed by atoms with Gasteiger partial charge in [0, 0.05) is 20.7 Å². The Bertz CT molecular complexity index is 590. The molecule has 1 N–H and O–H groups in total. The predicted octanol–water partition coefficient (Wildman–Crippen LogP) is 4.65. The summed E-state index contributed by atoms with van der Waals surface area (Å²) in [6, 6.07) is 7.96. The van der Waals surface area contributed by atoms with Crippen molar-refractivity contribution in [2.45, 2.75) is 24.3 Å². The molecule has 5 heteroatoms. The van der Waals surface area contributed by atoms with Crippen LogP contribution in [0.5, 0.6) is 0 Å². The average molecular weight is 301 g/mol. The van der Waals surface area contributed by atoms with Crippen LogP contribution >= 0.6 is 34.7 Å². The number of carboxylic acids is 1. The third-order valence-electron chi connectivity index (χ3n) is 2.68. The van der Waals surface area contributed by atoms with Gasteiger partial charge in [-0.05, 0) is 19.9 Å². The van der Waals surface area contributed by atoms with Gasteiger partial charge < -0.3 is 5.11 Å². The summed E-state index contributed by atoms with van der Waals surface area (Å²) in [5.41, 5.74) is 0. The molecule has 96 valence electrons. The van der Waals surface area contributed by atoms with E-state index in [0.29, 0.717) is 5.75 Å². The van der Waals surface area contributed by atoms with Crippen LogP contribution in [0.25, 0.3) is 10.1 Å². The molecule has 0 unspecified atom stereocenters. The highest BCUT2D eigenvalue weighted by Gasteiger charge is 2.28. The van der Waals surface area contributed by atoms with Crippen LogP contribution in [0.2, 0.25) is 5.02 Å². The smallest absolute Gasteiger partial charge is 0.319 e. The Balaban J connectivity index is 2.23. The minimum absolute atomic E-state index is 0.622. The van der Waals surface area contributed by atoms with Crippen molar-refractivity contribution in [1.82, 2.24) is 0 Å². The number of hydrogen-bond acceptors (Lipinski definition) is 3. The maximum Gasteiger partial charge on any atom is 0.319 e. The molecule has 0 bridgehead atoms. The summed E-state index contributed by atoms with van der Waals surface area (Å²) < 4.78 is 0.352. The molecule has 2 nitrogen and oxygen atoms in total. The minimum atomic E-state index is -0.801. The standard InChI is InChI=1S/C13H13ClO2S2/c1-13(2,12(15)16)17-7-10-11(14)8-5-3-4-6-9(8)18-10/h3-6H,7H2,1-2H3,(H,15,16). The first-order valence-corrected chi connectivity index (χ1v) is 7.63. The monoisotopic (exact) mass is 300 g/mol. The van der Waals surface area contributed by atoms with Gasteiger partial charge in [-0.3, -0.25) is 4.79 Å². The third-order valence-corrected chi connectivity index (χ3v) is 5.91. The van der Waals surface area contributed by atoms with Crippen molar-refractivity contribution >= 4 is 50.8 Å². The first-order valence-electron chi connectivity index (χ1n) is 5.45. The van der Waals surface area contributed by atoms with Gasteiger partial charge in [0.2, 0.25) is 0 Å². The van der Waals surface area contributed by atoms with Crippen LogP contribution in [-0.2, 0) is 10.5 Å². The van der Waals surface area contributed by atoms with E-state index >= 15 is 0 Å². The van der Waals surface area contributed by atoms with E-state index in [-0.39, 0.29) is 0 Å². The van der Waals surface area contributed by atoms with E-state index < -0.39 is 10.7 Å². The van der Waals surface area contributed by atoms with Crippen LogP contribution in [0, 0.1) is 0 Å². The van der Waals surface area contributed by atoms with Gasteiger partial charge in [0.1, 0.15) is 4.75 Å². The van der Waals surface area contributed by atoms with Crippen molar-refractivity contribution in [1.29, 1.82) is 0 Å². The molecule has 0 atom stereocenters. The Labute approximate surface area is 119 Å². The summed E-state index contributed by atoms with van der Waals surface area (Å²) >= 11 is 9.34. The largest absolute Gasteiger partial charge is 0.480 e. The van der Waals surface area contributed by atoms with Gasteiger partial charge in [-0.15, -0.1) is 23.1 Å². The summed E-state index contributed by atoms with van der Waals surface area (Å²) in [5.74, 6) is -0.179. The fourth-order valence-corrected chi connectivity index (χ4v) is 4.01. The molecule has 0 fully saturated rings. The molecule has 0 aliphatic heterocycles. The van der Waals surface area contributed by atoms with Gasteiger partial charge in [0.25, 0.3) is 0 Å². The van der Waals surface area contributed by atoms with Crippen LogP contribution in [0.15, 0.2) is 24.3 Å². The maximum absolute atomic E-state index is 11.0. The lowest BCUT2D eigenvalue weighted by atomic mass is 10.2. The predicted molar refractivity (Wildman–Crippen MR) is 79.8 cm³/mol. The molecular formula is C13H13ClO2S2. The number of thiophene rings is 1. The van der Waals surface area contributed by atoms with Gasteiger partial charge in [-0.1, -0.05) is 29.8 Å². The Morgan fingerprint density at radius 1 is 1.44 bits per heavy atom. The summed E-state index contributed by atoms with van der Waals surface area (Å²) in [7, 11) is 0. The minimum Gasteiger partial charge on any atom is -0.480 e. The van der Waals surface area contributed by atoms with Crippen molar-refractivity contribution in [3.63, 3.8) is 0 Å². The Morgan fingerprint density at radius 3 is 2.72 bits per heavy atom. The number of benzene rings is 1. The normalized spacial score (nSPS) is 11.9. The quantitative estimate of drug-likeness (QED) is 0.893. The number of hydrogen-bond donors (Lipinski definition) is 1. The fourth-order valence-electron chi connectivity index (χ4n) is 1.47. The Morgan fingerprint density at radius 2 is 2.11 bits per heavy atom. The second kappa shape index (κ2) is 5.11. The van der Waals surface area contributed by atoms with E-state index in [1.807, 2.05) is 24.3 Å². The molecular weight excluding hydrogens is 288 g/mol. The maximum atomic E-state index is 11.0. The second-order valence-corrected chi connectivity index (χ2v) is 7.55. The highest BCUT2D eigenvalue weighted by Crippen LogP contribution is 2.39. The third kappa shape index (κ3) is 2.66. The average Bonchev–Trinajstić information content (AvgIpc) is 2.64. The first-order chi connectivity index (χ1) is 8.42. The molecule has 0 radical (unpaired) electrons. The molecule has 0 spiro atoms. The first kappa shape index (κ1) is 13.7. The summed E-state index contributed by atoms with van der Waals surface area (Å²) in [6.07, 6.45) is 0. The lowest BCUT2D eigenvalue weighted by Gasteiger charge is -2.17. The molecule has 0 aliphatic rings. The van der Waals surface area contributed by atoms with Crippen molar-refractivity contribution < 1.29 is 9.90 Å². The van der Waals surface area contributed by atoms with Crippen molar-refractivity contribution in [2.24, 2.45) is 0 Å². The lowest BCUT2D eigenvalue weighted by molar-refractivity contribution is -0.138. The molecule has 1 heterocycles. The van der Waals surface area contributed by atoms with Crippen LogP contribution in [0.3, 0.4) is 0 Å². The number of rotatable bonds is 4. The van der Waals surface area contributed by atoms with Crippen molar-refractivity contribution in [3.8, 4) is 0 Å². The van der Waals surface area contributed by atoms with E-state index in [1.165, 1.54) is 11.8 Å². The van der Waals surface area contributed by atoms with Crippen molar-refractivity contribution in [3.05, 3.63) is 34.2 Å². The number of aliphatic carboxylic acids is 1. The highest BCUT2D eigenvalue weighted by molar-refractivity contribution is 8.00. The van der Waals surface area contributed by atoms with Gasteiger partial charge in [-0.25, -0.2) is 0 Å². The van der Waals surface area contributed by atoms with E-state index in [1.54, 1.807) is 25.2 Å². The molecule has 0 saturated carbocycles. The molecule has 18 heavy (non-hydrogen) atoms. The van der Waals surface area contributed by atoms with Gasteiger partial charge >= 0.3 is 5.97 Å². The number of thioether (sulfide) groups is 1. The highest BCUT2D eigenvalue weighted by atomic mass is 35.5. The number of carboxylic acid groups (broad SMARTS) is 1. The lowest BCUT2D eigenvalue weighted by Crippen LogP contribution is -2.27. The Hall–Kier alpha value is -0.710. The van der Waals surface area contributed by atoms with Crippen molar-refractivity contribution in [2.75, 3.05) is 0 Å². The van der Waals surface area contributed by atoms with E-state index in [4.69, 9.17) is 16.7 Å². The van der Waals surface area contributed by atoms with Gasteiger partial charge in [0.05, 0.1) is 5.02 Å². The summed E-state index contributed by atoms with van der Waals surface area (Å²) in [4.78, 5) is 12.1. The summed E-state index contributed by atoms with van der Waals surface area (Å²) in [6.45, 7) is 3.42. The second-order valence-electron chi connectivity index (χ2n) is 4.44. The molecule has 1 aromatic carbocycles. The molecule has 2 rings (SSSR count). The van der Waals surface area contributed by atoms with Crippen LogP contribution in [0.4, 0.5) is 0 Å². The van der Waals surface area contributed by atoms with Gasteiger partial charge in [0.15, 0.2) is 0 Å².